The number of carbonyl (C=O) groups excluding carboxylic acids is 1. The summed E-state index contributed by atoms with van der Waals surface area (Å²) in [6.07, 6.45) is -4.66. The molecule has 1 aromatic carbocycles. The monoisotopic (exact) mass is 393 g/mol. The highest BCUT2D eigenvalue weighted by Gasteiger charge is 2.38. The lowest BCUT2D eigenvalue weighted by atomic mass is 10.1. The fraction of sp³-hybridized carbons (Fsp3) is 0.333. The summed E-state index contributed by atoms with van der Waals surface area (Å²) in [5.74, 6) is -1.22. The predicted molar refractivity (Wildman–Crippen MR) is 95.1 cm³/mol. The van der Waals surface area contributed by atoms with Gasteiger partial charge in [-0.25, -0.2) is 4.79 Å². The number of aryl methyl sites for hydroxylation is 1. The summed E-state index contributed by atoms with van der Waals surface area (Å²) < 4.78 is 44.9. The molecule has 0 fully saturated rings. The van der Waals surface area contributed by atoms with Crippen LogP contribution in [0, 0.1) is 13.8 Å². The van der Waals surface area contributed by atoms with Gasteiger partial charge in [0.05, 0.1) is 12.7 Å². The molecule has 7 nitrogen and oxygen atoms in total. The van der Waals surface area contributed by atoms with E-state index >= 15 is 0 Å². The lowest BCUT2D eigenvalue weighted by Crippen LogP contribution is -2.22. The van der Waals surface area contributed by atoms with E-state index in [4.69, 9.17) is 0 Å². The summed E-state index contributed by atoms with van der Waals surface area (Å²) in [4.78, 5) is 13.2. The minimum Gasteiger partial charge on any atom is -0.465 e. The van der Waals surface area contributed by atoms with Crippen LogP contribution in [0.4, 0.5) is 19.0 Å². The van der Waals surface area contributed by atoms with Crippen LogP contribution in [-0.2, 0) is 17.5 Å². The largest absolute Gasteiger partial charge is 0.465 e. The lowest BCUT2D eigenvalue weighted by Gasteiger charge is -2.21. The molecule has 2 heterocycles. The second-order valence-corrected chi connectivity index (χ2v) is 6.37. The first-order valence-electron chi connectivity index (χ1n) is 8.31. The molecular formula is C18H18F3N5O2. The van der Waals surface area contributed by atoms with Crippen molar-refractivity contribution in [2.75, 3.05) is 19.1 Å². The summed E-state index contributed by atoms with van der Waals surface area (Å²) in [5, 5.41) is 11.0. The zero-order valence-corrected chi connectivity index (χ0v) is 15.7. The first-order valence-corrected chi connectivity index (χ1v) is 8.31. The third-order valence-electron chi connectivity index (χ3n) is 4.48. The number of hydrogen-bond donors (Lipinski definition) is 0. The van der Waals surface area contributed by atoms with Crippen LogP contribution in [0.2, 0.25) is 0 Å². The number of halogens is 3. The van der Waals surface area contributed by atoms with Crippen molar-refractivity contribution in [1.29, 1.82) is 0 Å². The van der Waals surface area contributed by atoms with Gasteiger partial charge in [-0.3, -0.25) is 0 Å². The number of alkyl halides is 3. The molecule has 0 amide bonds. The van der Waals surface area contributed by atoms with E-state index in [0.29, 0.717) is 29.1 Å². The summed E-state index contributed by atoms with van der Waals surface area (Å²) in [7, 11) is 3.03. The molecule has 28 heavy (non-hydrogen) atoms. The van der Waals surface area contributed by atoms with E-state index in [0.717, 1.165) is 10.1 Å². The molecule has 0 N–H and O–H groups in total. The Morgan fingerprint density at radius 1 is 1.14 bits per heavy atom. The maximum Gasteiger partial charge on any atom is 0.453 e. The molecule has 0 bridgehead atoms. The molecule has 0 saturated carbocycles. The number of esters is 1. The first kappa shape index (κ1) is 19.6. The third-order valence-corrected chi connectivity index (χ3v) is 4.48. The Morgan fingerprint density at radius 3 is 2.36 bits per heavy atom. The second kappa shape index (κ2) is 7.10. The van der Waals surface area contributed by atoms with Crippen molar-refractivity contribution in [3.63, 3.8) is 0 Å². The number of rotatable bonds is 4. The molecule has 0 atom stereocenters. The molecule has 10 heteroatoms. The molecule has 3 rings (SSSR count). The van der Waals surface area contributed by atoms with Crippen molar-refractivity contribution in [2.45, 2.75) is 26.6 Å². The Morgan fingerprint density at radius 2 is 1.79 bits per heavy atom. The smallest absolute Gasteiger partial charge is 0.453 e. The Kier molecular flexibility index (Phi) is 4.97. The molecule has 0 aliphatic carbocycles. The highest BCUT2D eigenvalue weighted by molar-refractivity contribution is 5.89. The van der Waals surface area contributed by atoms with Gasteiger partial charge in [0, 0.05) is 24.7 Å². The summed E-state index contributed by atoms with van der Waals surface area (Å²) >= 11 is 0. The number of methoxy groups -OCH3 is 1. The van der Waals surface area contributed by atoms with Gasteiger partial charge in [-0.2, -0.15) is 17.7 Å². The zero-order chi connectivity index (χ0) is 20.6. The third kappa shape index (κ3) is 3.49. The number of nitrogens with zero attached hydrogens (tertiary/aromatic N) is 5. The van der Waals surface area contributed by atoms with Gasteiger partial charge in [0.2, 0.25) is 0 Å². The van der Waals surface area contributed by atoms with E-state index in [9.17, 15) is 18.0 Å². The van der Waals surface area contributed by atoms with Gasteiger partial charge in [0.1, 0.15) is 0 Å². The van der Waals surface area contributed by atoms with Gasteiger partial charge in [-0.15, -0.1) is 15.3 Å². The van der Waals surface area contributed by atoms with Crippen LogP contribution in [0.1, 0.15) is 32.9 Å². The van der Waals surface area contributed by atoms with Crippen LogP contribution in [-0.4, -0.2) is 39.9 Å². The highest BCUT2D eigenvalue weighted by Crippen LogP contribution is 2.30. The number of hydrogen-bond acceptors (Lipinski definition) is 6. The topological polar surface area (TPSA) is 72.6 Å². The lowest BCUT2D eigenvalue weighted by molar-refractivity contribution is -0.146. The van der Waals surface area contributed by atoms with Gasteiger partial charge >= 0.3 is 12.1 Å². The Hall–Kier alpha value is -3.17. The number of aromatic nitrogens is 4. The highest BCUT2D eigenvalue weighted by atomic mass is 19.4. The Bertz CT molecular complexity index is 1030. The maximum absolute atomic E-state index is 13.2. The minimum atomic E-state index is -4.66. The molecule has 0 aliphatic rings. The minimum absolute atomic E-state index is 0.0735. The van der Waals surface area contributed by atoms with Crippen molar-refractivity contribution >= 4 is 17.4 Å². The zero-order valence-electron chi connectivity index (χ0n) is 15.7. The van der Waals surface area contributed by atoms with Crippen molar-refractivity contribution in [3.8, 4) is 0 Å². The molecule has 0 saturated heterocycles. The van der Waals surface area contributed by atoms with E-state index in [1.807, 2.05) is 0 Å². The van der Waals surface area contributed by atoms with E-state index < -0.39 is 18.0 Å². The number of fused-ring (bicyclic) bond motifs is 1. The van der Waals surface area contributed by atoms with E-state index in [-0.39, 0.29) is 5.65 Å². The van der Waals surface area contributed by atoms with E-state index in [1.165, 1.54) is 7.11 Å². The SMILES string of the molecule is COC(=O)c1ccc(CN(C)c2nn3c(C(F)(F)F)nnc3c(C)c2C)cc1. The van der Waals surface area contributed by atoms with E-state index in [2.05, 4.69) is 20.0 Å². The van der Waals surface area contributed by atoms with Gasteiger partial charge in [-0.1, -0.05) is 12.1 Å². The van der Waals surface area contributed by atoms with Crippen LogP contribution >= 0.6 is 0 Å². The molecule has 148 valence electrons. The molecule has 0 aliphatic heterocycles. The van der Waals surface area contributed by atoms with Crippen molar-refractivity contribution in [1.82, 2.24) is 19.8 Å². The average molecular weight is 393 g/mol. The number of ether oxygens (including phenoxy) is 1. The molecule has 0 unspecified atom stereocenters. The molecule has 3 aromatic rings. The standard InChI is InChI=1S/C18H18F3N5O2/c1-10-11(2)15(24-26-14(10)22-23-17(26)18(19,20)21)25(3)9-12-5-7-13(8-6-12)16(27)28-4/h5-8H,9H2,1-4H3. The fourth-order valence-corrected chi connectivity index (χ4v) is 2.87. The second-order valence-electron chi connectivity index (χ2n) is 6.37. The Labute approximate surface area is 158 Å². The van der Waals surface area contributed by atoms with Crippen LogP contribution in [0.25, 0.3) is 5.65 Å². The van der Waals surface area contributed by atoms with Gasteiger partial charge < -0.3 is 9.64 Å². The quantitative estimate of drug-likeness (QED) is 0.634. The first-order chi connectivity index (χ1) is 13.1. The van der Waals surface area contributed by atoms with Crippen LogP contribution in [0.3, 0.4) is 0 Å². The molecule has 2 aromatic heterocycles. The van der Waals surface area contributed by atoms with Crippen LogP contribution in [0.5, 0.6) is 0 Å². The Balaban J connectivity index is 1.96. The van der Waals surface area contributed by atoms with Crippen molar-refractivity contribution in [2.24, 2.45) is 0 Å². The van der Waals surface area contributed by atoms with Crippen molar-refractivity contribution < 1.29 is 22.7 Å². The number of anilines is 1. The van der Waals surface area contributed by atoms with Crippen LogP contribution in [0.15, 0.2) is 24.3 Å². The number of carbonyl (C=O) groups is 1. The molecule has 0 spiro atoms. The number of benzene rings is 1. The van der Waals surface area contributed by atoms with Crippen molar-refractivity contribution in [3.05, 3.63) is 52.3 Å². The summed E-state index contributed by atoms with van der Waals surface area (Å²) in [6, 6.07) is 6.77. The summed E-state index contributed by atoms with van der Waals surface area (Å²) in [5.41, 5.74) is 2.63. The average Bonchev–Trinajstić information content (AvgIpc) is 3.09. The maximum atomic E-state index is 13.2. The van der Waals surface area contributed by atoms with Gasteiger partial charge in [0.15, 0.2) is 11.5 Å². The van der Waals surface area contributed by atoms with E-state index in [1.54, 1.807) is 50.1 Å². The van der Waals surface area contributed by atoms with Gasteiger partial charge in [0.25, 0.3) is 5.82 Å². The summed E-state index contributed by atoms with van der Waals surface area (Å²) in [6.45, 7) is 3.84. The molecule has 0 radical (unpaired) electrons. The normalized spacial score (nSPS) is 11.7. The molecular weight excluding hydrogens is 375 g/mol. The fourth-order valence-electron chi connectivity index (χ4n) is 2.87. The van der Waals surface area contributed by atoms with Gasteiger partial charge in [-0.05, 0) is 31.5 Å². The predicted octanol–water partition coefficient (Wildman–Crippen LogP) is 3.18. The van der Waals surface area contributed by atoms with Crippen LogP contribution < -0.4 is 4.90 Å².